The molecule has 0 atom stereocenters. The second-order valence-corrected chi connectivity index (χ2v) is 4.56. The van der Waals surface area contributed by atoms with Gasteiger partial charge < -0.3 is 14.7 Å². The van der Waals surface area contributed by atoms with Crippen LogP contribution >= 0.6 is 36.2 Å². The Kier molecular flexibility index (Phi) is 5.87. The van der Waals surface area contributed by atoms with E-state index in [2.05, 4.69) is 20.4 Å². The highest BCUT2D eigenvalue weighted by Crippen LogP contribution is 2.24. The van der Waals surface area contributed by atoms with Gasteiger partial charge >= 0.3 is 0 Å². The number of hydrogen-bond donors (Lipinski definition) is 1. The molecule has 0 bridgehead atoms. The summed E-state index contributed by atoms with van der Waals surface area (Å²) < 4.78 is 5.25. The van der Waals surface area contributed by atoms with Crippen molar-refractivity contribution in [1.29, 1.82) is 0 Å². The molecule has 2 aromatic heterocycles. The van der Waals surface area contributed by atoms with Crippen molar-refractivity contribution in [3.05, 3.63) is 17.5 Å². The third-order valence-electron chi connectivity index (χ3n) is 2.55. The van der Waals surface area contributed by atoms with Crippen molar-refractivity contribution < 1.29 is 4.52 Å². The van der Waals surface area contributed by atoms with Crippen LogP contribution in [-0.4, -0.2) is 36.3 Å². The molecule has 0 saturated carbocycles. The lowest BCUT2D eigenvalue weighted by atomic mass is 10.4. The molecule has 0 aromatic carbocycles. The van der Waals surface area contributed by atoms with Gasteiger partial charge in [-0.2, -0.15) is 4.98 Å². The maximum Gasteiger partial charge on any atom is 0.269 e. The monoisotopic (exact) mass is 308 g/mol. The highest BCUT2D eigenvalue weighted by atomic mass is 35.5. The molecule has 18 heavy (non-hydrogen) atoms. The number of nitrogens with zero attached hydrogens (tertiary/aromatic N) is 3. The van der Waals surface area contributed by atoms with E-state index in [1.807, 2.05) is 17.5 Å². The lowest BCUT2D eigenvalue weighted by Crippen LogP contribution is -2.44. The molecule has 5 nitrogen and oxygen atoms in total. The van der Waals surface area contributed by atoms with Gasteiger partial charge in [0, 0.05) is 26.2 Å². The van der Waals surface area contributed by atoms with Crippen molar-refractivity contribution in [3.63, 3.8) is 0 Å². The van der Waals surface area contributed by atoms with Crippen molar-refractivity contribution in [2.75, 3.05) is 31.1 Å². The van der Waals surface area contributed by atoms with Gasteiger partial charge in [-0.05, 0) is 16.6 Å². The molecule has 3 rings (SSSR count). The second-order valence-electron chi connectivity index (χ2n) is 3.61. The number of hydrogen-bond acceptors (Lipinski definition) is 6. The van der Waals surface area contributed by atoms with Gasteiger partial charge in [-0.3, -0.25) is 0 Å². The van der Waals surface area contributed by atoms with Gasteiger partial charge in [-0.1, -0.05) is 6.07 Å². The fraction of sp³-hybridized carbons (Fsp3) is 0.400. The summed E-state index contributed by atoms with van der Waals surface area (Å²) in [6.07, 6.45) is 0. The molecular weight excluding hydrogens is 295 g/mol. The molecular formula is C10H14Cl2N4OS. The van der Waals surface area contributed by atoms with E-state index in [9.17, 15) is 0 Å². The molecule has 1 saturated heterocycles. The van der Waals surface area contributed by atoms with Crippen LogP contribution in [0.15, 0.2) is 22.0 Å². The number of anilines is 1. The number of halogens is 2. The maximum absolute atomic E-state index is 5.25. The molecule has 1 N–H and O–H groups in total. The minimum absolute atomic E-state index is 0. The Morgan fingerprint density at radius 3 is 2.72 bits per heavy atom. The zero-order valence-electron chi connectivity index (χ0n) is 9.54. The van der Waals surface area contributed by atoms with Crippen molar-refractivity contribution in [2.24, 2.45) is 0 Å². The van der Waals surface area contributed by atoms with Crippen LogP contribution in [0.5, 0.6) is 0 Å². The average Bonchev–Trinajstić information content (AvgIpc) is 3.01. The first-order valence-corrected chi connectivity index (χ1v) is 6.15. The third kappa shape index (κ3) is 3.14. The predicted molar refractivity (Wildman–Crippen MR) is 77.2 cm³/mol. The van der Waals surface area contributed by atoms with Crippen molar-refractivity contribution >= 4 is 42.1 Å². The van der Waals surface area contributed by atoms with Crippen LogP contribution in [0.4, 0.5) is 5.95 Å². The summed E-state index contributed by atoms with van der Waals surface area (Å²) in [7, 11) is 0. The van der Waals surface area contributed by atoms with Crippen LogP contribution in [0.1, 0.15) is 0 Å². The number of piperazine rings is 1. The summed E-state index contributed by atoms with van der Waals surface area (Å²) in [5.74, 6) is 1.31. The van der Waals surface area contributed by atoms with Gasteiger partial charge in [0.2, 0.25) is 0 Å². The molecule has 0 aliphatic carbocycles. The first kappa shape index (κ1) is 15.2. The van der Waals surface area contributed by atoms with Gasteiger partial charge in [0.25, 0.3) is 11.8 Å². The molecule has 1 aliphatic rings. The van der Waals surface area contributed by atoms with Crippen molar-refractivity contribution in [3.8, 4) is 10.8 Å². The van der Waals surface area contributed by atoms with Crippen LogP contribution in [0.3, 0.4) is 0 Å². The summed E-state index contributed by atoms with van der Waals surface area (Å²) >= 11 is 1.61. The summed E-state index contributed by atoms with van der Waals surface area (Å²) in [4.78, 5) is 7.57. The van der Waals surface area contributed by atoms with Gasteiger partial charge in [0.05, 0.1) is 4.88 Å². The molecule has 3 heterocycles. The first-order valence-electron chi connectivity index (χ1n) is 5.27. The molecule has 1 aliphatic heterocycles. The SMILES string of the molecule is Cl.Cl.c1csc(-c2nc(N3CCNCC3)no2)c1. The number of nitrogens with one attached hydrogen (secondary N) is 1. The van der Waals surface area contributed by atoms with Crippen LogP contribution in [0, 0.1) is 0 Å². The van der Waals surface area contributed by atoms with Gasteiger partial charge in [-0.25, -0.2) is 0 Å². The fourth-order valence-corrected chi connectivity index (χ4v) is 2.35. The molecule has 0 radical (unpaired) electrons. The maximum atomic E-state index is 5.25. The average molecular weight is 309 g/mol. The van der Waals surface area contributed by atoms with Crippen LogP contribution in [0.2, 0.25) is 0 Å². The fourth-order valence-electron chi connectivity index (χ4n) is 1.71. The topological polar surface area (TPSA) is 54.2 Å². The Labute approximate surface area is 121 Å². The highest BCUT2D eigenvalue weighted by molar-refractivity contribution is 7.13. The normalized spacial score (nSPS) is 14.8. The Hall–Kier alpha value is -0.820. The first-order chi connectivity index (χ1) is 7.93. The van der Waals surface area contributed by atoms with E-state index >= 15 is 0 Å². The van der Waals surface area contributed by atoms with Gasteiger partial charge in [0.1, 0.15) is 0 Å². The lowest BCUT2D eigenvalue weighted by molar-refractivity contribution is 0.428. The van der Waals surface area contributed by atoms with Crippen LogP contribution in [0.25, 0.3) is 10.8 Å². The van der Waals surface area contributed by atoms with Crippen molar-refractivity contribution in [2.45, 2.75) is 0 Å². The molecule has 0 amide bonds. The van der Waals surface area contributed by atoms with Crippen molar-refractivity contribution in [1.82, 2.24) is 15.5 Å². The summed E-state index contributed by atoms with van der Waals surface area (Å²) in [5, 5.41) is 9.31. The lowest BCUT2D eigenvalue weighted by Gasteiger charge is -2.25. The van der Waals surface area contributed by atoms with E-state index in [1.54, 1.807) is 11.3 Å². The number of aromatic nitrogens is 2. The number of rotatable bonds is 2. The Bertz CT molecular complexity index is 456. The minimum atomic E-state index is 0. The Balaban J connectivity index is 0.000000810. The Morgan fingerprint density at radius 1 is 1.28 bits per heavy atom. The highest BCUT2D eigenvalue weighted by Gasteiger charge is 2.17. The molecule has 100 valence electrons. The summed E-state index contributed by atoms with van der Waals surface area (Å²) in [6, 6.07) is 3.97. The van der Waals surface area contributed by atoms with E-state index in [0.717, 1.165) is 31.1 Å². The molecule has 8 heteroatoms. The largest absolute Gasteiger partial charge is 0.336 e. The van der Waals surface area contributed by atoms with E-state index < -0.39 is 0 Å². The van der Waals surface area contributed by atoms with E-state index in [-0.39, 0.29) is 24.8 Å². The zero-order chi connectivity index (χ0) is 10.8. The van der Waals surface area contributed by atoms with E-state index in [0.29, 0.717) is 11.8 Å². The molecule has 0 spiro atoms. The predicted octanol–water partition coefficient (Wildman–Crippen LogP) is 2.05. The molecule has 0 unspecified atom stereocenters. The van der Waals surface area contributed by atoms with E-state index in [4.69, 9.17) is 4.52 Å². The van der Waals surface area contributed by atoms with E-state index in [1.165, 1.54) is 0 Å². The summed E-state index contributed by atoms with van der Waals surface area (Å²) in [5.41, 5.74) is 0. The summed E-state index contributed by atoms with van der Waals surface area (Å²) in [6.45, 7) is 3.82. The van der Waals surface area contributed by atoms with Crippen LogP contribution < -0.4 is 10.2 Å². The molecule has 1 fully saturated rings. The quantitative estimate of drug-likeness (QED) is 0.920. The second kappa shape index (κ2) is 6.94. The molecule has 2 aromatic rings. The standard InChI is InChI=1S/C10H12N4OS.2ClH/c1-2-8(16-7-1)9-12-10(13-15-9)14-5-3-11-4-6-14;;/h1-2,7,11H,3-6H2;2*1H. The number of thiophene rings is 1. The minimum Gasteiger partial charge on any atom is -0.336 e. The Morgan fingerprint density at radius 2 is 2.06 bits per heavy atom. The van der Waals surface area contributed by atoms with Crippen LogP contribution in [-0.2, 0) is 0 Å². The van der Waals surface area contributed by atoms with Gasteiger partial charge in [0.15, 0.2) is 0 Å². The third-order valence-corrected chi connectivity index (χ3v) is 3.40. The zero-order valence-corrected chi connectivity index (χ0v) is 12.0. The van der Waals surface area contributed by atoms with Gasteiger partial charge in [-0.15, -0.1) is 36.2 Å². The smallest absolute Gasteiger partial charge is 0.269 e.